The smallest absolute Gasteiger partial charge is 0.133 e. The Labute approximate surface area is 76.8 Å². The maximum Gasteiger partial charge on any atom is 0.133 e. The third-order valence-corrected chi connectivity index (χ3v) is 2.38. The van der Waals surface area contributed by atoms with Crippen molar-refractivity contribution >= 4 is 10.9 Å². The summed E-state index contributed by atoms with van der Waals surface area (Å²) in [6, 6.07) is 3.58. The highest BCUT2D eigenvalue weighted by molar-refractivity contribution is 5.84. The van der Waals surface area contributed by atoms with Gasteiger partial charge in [-0.15, -0.1) is 0 Å². The molecule has 13 heavy (non-hydrogen) atoms. The fourth-order valence-electron chi connectivity index (χ4n) is 1.82. The van der Waals surface area contributed by atoms with Gasteiger partial charge in [0.25, 0.3) is 0 Å². The van der Waals surface area contributed by atoms with E-state index < -0.39 is 0 Å². The van der Waals surface area contributed by atoms with Gasteiger partial charge in [0.1, 0.15) is 5.82 Å². The Morgan fingerprint density at radius 2 is 1.92 bits per heavy atom. The third-order valence-electron chi connectivity index (χ3n) is 2.38. The van der Waals surface area contributed by atoms with Crippen molar-refractivity contribution in [2.24, 2.45) is 7.05 Å². The number of halogens is 1. The summed E-state index contributed by atoms with van der Waals surface area (Å²) >= 11 is 0. The molecule has 2 rings (SSSR count). The molecule has 0 amide bonds. The number of benzene rings is 1. The maximum absolute atomic E-state index is 13.5. The van der Waals surface area contributed by atoms with Crippen molar-refractivity contribution in [2.45, 2.75) is 13.8 Å². The molecule has 68 valence electrons. The molecule has 0 spiro atoms. The van der Waals surface area contributed by atoms with Gasteiger partial charge in [-0.2, -0.15) is 0 Å². The van der Waals surface area contributed by atoms with Crippen LogP contribution in [0.4, 0.5) is 4.39 Å². The molecular formula is C11H12FN. The molecule has 0 fully saturated rings. The molecular weight excluding hydrogens is 165 g/mol. The normalized spacial score (nSPS) is 11.1. The first-order valence-electron chi connectivity index (χ1n) is 4.31. The van der Waals surface area contributed by atoms with E-state index in [9.17, 15) is 4.39 Å². The van der Waals surface area contributed by atoms with Crippen LogP contribution in [0, 0.1) is 19.7 Å². The summed E-state index contributed by atoms with van der Waals surface area (Å²) in [5, 5.41) is 0.744. The summed E-state index contributed by atoms with van der Waals surface area (Å²) in [6.07, 6.45) is 1.95. The topological polar surface area (TPSA) is 4.93 Å². The van der Waals surface area contributed by atoms with Gasteiger partial charge in [0.2, 0.25) is 0 Å². The highest BCUT2D eigenvalue weighted by atomic mass is 19.1. The van der Waals surface area contributed by atoms with Crippen LogP contribution in [0.3, 0.4) is 0 Å². The molecule has 0 aliphatic rings. The van der Waals surface area contributed by atoms with Crippen LogP contribution in [0.1, 0.15) is 11.1 Å². The average Bonchev–Trinajstić information content (AvgIpc) is 2.27. The van der Waals surface area contributed by atoms with Crippen molar-refractivity contribution < 1.29 is 4.39 Å². The van der Waals surface area contributed by atoms with E-state index in [4.69, 9.17) is 0 Å². The molecule has 1 heterocycles. The van der Waals surface area contributed by atoms with Crippen LogP contribution in [0.2, 0.25) is 0 Å². The van der Waals surface area contributed by atoms with Crippen LogP contribution in [-0.2, 0) is 7.05 Å². The summed E-state index contributed by atoms with van der Waals surface area (Å²) in [4.78, 5) is 0. The Kier molecular flexibility index (Phi) is 1.65. The molecule has 0 aliphatic heterocycles. The zero-order valence-corrected chi connectivity index (χ0v) is 8.06. The van der Waals surface area contributed by atoms with Gasteiger partial charge in [-0.1, -0.05) is 0 Å². The Morgan fingerprint density at radius 3 is 2.62 bits per heavy atom. The molecule has 1 aromatic heterocycles. The molecule has 1 nitrogen and oxygen atoms in total. The number of aromatic nitrogens is 1. The van der Waals surface area contributed by atoms with Crippen molar-refractivity contribution in [3.8, 4) is 0 Å². The second kappa shape index (κ2) is 2.59. The van der Waals surface area contributed by atoms with E-state index in [1.165, 1.54) is 0 Å². The molecule has 0 saturated heterocycles. The minimum atomic E-state index is -0.117. The lowest BCUT2D eigenvalue weighted by atomic mass is 10.1. The monoisotopic (exact) mass is 177 g/mol. The van der Waals surface area contributed by atoms with Gasteiger partial charge in [0, 0.05) is 18.6 Å². The van der Waals surface area contributed by atoms with Gasteiger partial charge >= 0.3 is 0 Å². The van der Waals surface area contributed by atoms with Crippen LogP contribution in [-0.4, -0.2) is 4.57 Å². The highest BCUT2D eigenvalue weighted by Crippen LogP contribution is 2.24. The number of aryl methyl sites for hydroxylation is 3. The lowest BCUT2D eigenvalue weighted by Crippen LogP contribution is -1.86. The molecule has 2 heteroatoms. The Bertz CT molecular complexity index is 468. The van der Waals surface area contributed by atoms with Gasteiger partial charge in [-0.25, -0.2) is 4.39 Å². The fraction of sp³-hybridized carbons (Fsp3) is 0.273. The van der Waals surface area contributed by atoms with Gasteiger partial charge in [-0.3, -0.25) is 0 Å². The molecule has 1 aromatic carbocycles. The van der Waals surface area contributed by atoms with Crippen molar-refractivity contribution in [2.75, 3.05) is 0 Å². The maximum atomic E-state index is 13.5. The van der Waals surface area contributed by atoms with E-state index in [-0.39, 0.29) is 5.82 Å². The average molecular weight is 177 g/mol. The number of rotatable bonds is 0. The first kappa shape index (κ1) is 8.30. The van der Waals surface area contributed by atoms with Crippen LogP contribution in [0.5, 0.6) is 0 Å². The second-order valence-electron chi connectivity index (χ2n) is 3.56. The Morgan fingerprint density at radius 1 is 1.23 bits per heavy atom. The zero-order chi connectivity index (χ0) is 9.59. The van der Waals surface area contributed by atoms with Crippen molar-refractivity contribution in [1.29, 1.82) is 0 Å². The molecule has 0 bridgehead atoms. The highest BCUT2D eigenvalue weighted by Gasteiger charge is 2.08. The quantitative estimate of drug-likeness (QED) is 0.583. The minimum Gasteiger partial charge on any atom is -0.350 e. The van der Waals surface area contributed by atoms with Gasteiger partial charge < -0.3 is 4.57 Å². The molecule has 0 atom stereocenters. The lowest BCUT2D eigenvalue weighted by Gasteiger charge is -1.99. The number of hydrogen-bond donors (Lipinski definition) is 0. The lowest BCUT2D eigenvalue weighted by molar-refractivity contribution is 0.638. The predicted octanol–water partition coefficient (Wildman–Crippen LogP) is 2.93. The second-order valence-corrected chi connectivity index (χ2v) is 3.56. The van der Waals surface area contributed by atoms with E-state index in [2.05, 4.69) is 0 Å². The molecule has 0 N–H and O–H groups in total. The largest absolute Gasteiger partial charge is 0.350 e. The molecule has 0 unspecified atom stereocenters. The van der Waals surface area contributed by atoms with Gasteiger partial charge in [-0.05, 0) is 37.1 Å². The SMILES string of the molecule is Cc1cc(F)c2c(C)cn(C)c2c1. The van der Waals surface area contributed by atoms with Crippen LogP contribution in [0.15, 0.2) is 18.3 Å². The standard InChI is InChI=1S/C11H12FN/c1-7-4-9(12)11-8(2)6-13(3)10(11)5-7/h4-6H,1-3H3. The van der Waals surface area contributed by atoms with Crippen molar-refractivity contribution in [3.05, 3.63) is 35.3 Å². The van der Waals surface area contributed by atoms with Gasteiger partial charge in [0.15, 0.2) is 0 Å². The molecule has 2 aromatic rings. The third kappa shape index (κ3) is 1.13. The van der Waals surface area contributed by atoms with Crippen LogP contribution < -0.4 is 0 Å². The number of hydrogen-bond acceptors (Lipinski definition) is 0. The fourth-order valence-corrected chi connectivity index (χ4v) is 1.82. The predicted molar refractivity (Wildman–Crippen MR) is 52.4 cm³/mol. The van der Waals surface area contributed by atoms with Gasteiger partial charge in [0.05, 0.1) is 5.52 Å². The Hall–Kier alpha value is -1.31. The van der Waals surface area contributed by atoms with E-state index >= 15 is 0 Å². The van der Waals surface area contributed by atoms with E-state index in [1.807, 2.05) is 37.7 Å². The summed E-state index contributed by atoms with van der Waals surface area (Å²) in [6.45, 7) is 3.84. The summed E-state index contributed by atoms with van der Waals surface area (Å²) in [7, 11) is 1.94. The molecule has 0 aliphatic carbocycles. The number of fused-ring (bicyclic) bond motifs is 1. The van der Waals surface area contributed by atoms with E-state index in [0.29, 0.717) is 0 Å². The summed E-state index contributed by atoms with van der Waals surface area (Å²) in [5.74, 6) is -0.117. The summed E-state index contributed by atoms with van der Waals surface area (Å²) < 4.78 is 15.5. The van der Waals surface area contributed by atoms with E-state index in [0.717, 1.165) is 22.0 Å². The molecule has 0 radical (unpaired) electrons. The van der Waals surface area contributed by atoms with Crippen molar-refractivity contribution in [1.82, 2.24) is 4.57 Å². The van der Waals surface area contributed by atoms with Crippen LogP contribution >= 0.6 is 0 Å². The minimum absolute atomic E-state index is 0.117. The summed E-state index contributed by atoms with van der Waals surface area (Å²) in [5.41, 5.74) is 2.93. The van der Waals surface area contributed by atoms with Crippen LogP contribution in [0.25, 0.3) is 10.9 Å². The zero-order valence-electron chi connectivity index (χ0n) is 8.06. The first-order chi connectivity index (χ1) is 6.09. The van der Waals surface area contributed by atoms with Crippen molar-refractivity contribution in [3.63, 3.8) is 0 Å². The molecule has 0 saturated carbocycles. The first-order valence-corrected chi connectivity index (χ1v) is 4.31. The Balaban J connectivity index is 2.97. The number of nitrogens with zero attached hydrogens (tertiary/aromatic N) is 1. The van der Waals surface area contributed by atoms with E-state index in [1.54, 1.807) is 6.07 Å².